The Morgan fingerprint density at radius 3 is 2.86 bits per heavy atom. The molecule has 3 aromatic rings. The number of halogens is 2. The number of rotatable bonds is 4. The first-order chi connectivity index (χ1) is 14.0. The maximum Gasteiger partial charge on any atom is 0.240 e. The fourth-order valence-corrected chi connectivity index (χ4v) is 4.94. The number of anilines is 1. The number of aromatic nitrogens is 3. The van der Waals surface area contributed by atoms with E-state index in [1.54, 1.807) is 36.1 Å². The van der Waals surface area contributed by atoms with Crippen LogP contribution in [0.3, 0.4) is 0 Å². The number of nitrogens with zero attached hydrogens (tertiary/aromatic N) is 3. The van der Waals surface area contributed by atoms with E-state index in [9.17, 15) is 4.79 Å². The van der Waals surface area contributed by atoms with E-state index in [4.69, 9.17) is 16.3 Å². The highest BCUT2D eigenvalue weighted by atomic mass is 79.9. The molecule has 29 heavy (non-hydrogen) atoms. The van der Waals surface area contributed by atoms with Crippen molar-refractivity contribution in [2.24, 2.45) is 0 Å². The molecule has 1 aliphatic heterocycles. The number of benzene rings is 2. The molecule has 1 amide bonds. The largest absolute Gasteiger partial charge is 0.496 e. The highest BCUT2D eigenvalue weighted by Gasteiger charge is 2.37. The number of fused-ring (bicyclic) bond motifs is 1. The van der Waals surface area contributed by atoms with Gasteiger partial charge in [-0.3, -0.25) is 4.79 Å². The summed E-state index contributed by atoms with van der Waals surface area (Å²) in [5.41, 5.74) is 4.94. The van der Waals surface area contributed by atoms with Gasteiger partial charge in [0.25, 0.3) is 0 Å². The molecule has 2 atom stereocenters. The lowest BCUT2D eigenvalue weighted by atomic mass is 10.0. The SMILES string of the molecule is COc1ccc([C@@H]2Nn3c(C)nnc3S[C@@H]2C(=O)Nc2cccc(Cl)c2)cc1Br. The van der Waals surface area contributed by atoms with Gasteiger partial charge in [0.05, 0.1) is 17.6 Å². The monoisotopic (exact) mass is 493 g/mol. The Labute approximate surface area is 185 Å². The normalized spacial score (nSPS) is 17.9. The second-order valence-electron chi connectivity index (χ2n) is 6.40. The Hall–Kier alpha value is -2.23. The molecule has 2 N–H and O–H groups in total. The predicted octanol–water partition coefficient (Wildman–Crippen LogP) is 4.41. The molecule has 2 heterocycles. The number of carbonyl (C=O) groups is 1. The van der Waals surface area contributed by atoms with E-state index in [0.29, 0.717) is 15.9 Å². The zero-order valence-corrected chi connectivity index (χ0v) is 18.7. The summed E-state index contributed by atoms with van der Waals surface area (Å²) in [5.74, 6) is 1.28. The lowest BCUT2D eigenvalue weighted by molar-refractivity contribution is -0.116. The van der Waals surface area contributed by atoms with Gasteiger partial charge in [0.1, 0.15) is 16.8 Å². The lowest BCUT2D eigenvalue weighted by Crippen LogP contribution is -2.41. The first-order valence-electron chi connectivity index (χ1n) is 8.71. The van der Waals surface area contributed by atoms with E-state index < -0.39 is 5.25 Å². The van der Waals surface area contributed by atoms with Gasteiger partial charge in [-0.2, -0.15) is 0 Å². The Balaban J connectivity index is 1.68. The quantitative estimate of drug-likeness (QED) is 0.559. The van der Waals surface area contributed by atoms with Crippen LogP contribution in [0.5, 0.6) is 5.75 Å². The Bertz CT molecular complexity index is 1080. The maximum absolute atomic E-state index is 13.2. The molecule has 0 fully saturated rings. The molecule has 10 heteroatoms. The van der Waals surface area contributed by atoms with Crippen LogP contribution in [0.1, 0.15) is 17.4 Å². The summed E-state index contributed by atoms with van der Waals surface area (Å²) in [5, 5.41) is 11.9. The van der Waals surface area contributed by atoms with Crippen molar-refractivity contribution in [3.05, 3.63) is 63.3 Å². The molecular weight excluding hydrogens is 478 g/mol. The van der Waals surface area contributed by atoms with Crippen molar-refractivity contribution in [2.45, 2.75) is 23.4 Å². The number of amides is 1. The molecule has 0 bridgehead atoms. The van der Waals surface area contributed by atoms with E-state index in [-0.39, 0.29) is 11.9 Å². The van der Waals surface area contributed by atoms with Gasteiger partial charge in [-0.1, -0.05) is 35.5 Å². The van der Waals surface area contributed by atoms with Crippen LogP contribution in [0, 0.1) is 6.92 Å². The second kappa shape index (κ2) is 8.25. The maximum atomic E-state index is 13.2. The summed E-state index contributed by atoms with van der Waals surface area (Å²) in [6.45, 7) is 1.86. The molecule has 0 radical (unpaired) electrons. The van der Waals surface area contributed by atoms with Crippen molar-refractivity contribution in [1.29, 1.82) is 0 Å². The number of hydrogen-bond donors (Lipinski definition) is 2. The van der Waals surface area contributed by atoms with Crippen molar-refractivity contribution < 1.29 is 9.53 Å². The Kier molecular flexibility index (Phi) is 5.71. The van der Waals surface area contributed by atoms with Crippen LogP contribution in [0.4, 0.5) is 5.69 Å². The number of methoxy groups -OCH3 is 1. The van der Waals surface area contributed by atoms with Gasteiger partial charge in [0, 0.05) is 10.7 Å². The summed E-state index contributed by atoms with van der Waals surface area (Å²) in [6.07, 6.45) is 0. The third-order valence-electron chi connectivity index (χ3n) is 4.48. The van der Waals surface area contributed by atoms with Crippen LogP contribution < -0.4 is 15.5 Å². The summed E-state index contributed by atoms with van der Waals surface area (Å²) in [7, 11) is 1.61. The van der Waals surface area contributed by atoms with Gasteiger partial charge >= 0.3 is 0 Å². The molecule has 150 valence electrons. The first kappa shape index (κ1) is 20.1. The summed E-state index contributed by atoms with van der Waals surface area (Å²) >= 11 is 10.9. The van der Waals surface area contributed by atoms with E-state index in [1.165, 1.54) is 11.8 Å². The van der Waals surface area contributed by atoms with E-state index in [1.807, 2.05) is 25.1 Å². The zero-order chi connectivity index (χ0) is 20.5. The third kappa shape index (κ3) is 4.08. The minimum Gasteiger partial charge on any atom is -0.496 e. The van der Waals surface area contributed by atoms with Gasteiger partial charge in [-0.05, 0) is 58.7 Å². The first-order valence-corrected chi connectivity index (χ1v) is 10.8. The fourth-order valence-electron chi connectivity index (χ4n) is 3.07. The fraction of sp³-hybridized carbons (Fsp3) is 0.211. The van der Waals surface area contributed by atoms with Gasteiger partial charge in [0.15, 0.2) is 0 Å². The van der Waals surface area contributed by atoms with Crippen molar-refractivity contribution in [1.82, 2.24) is 14.9 Å². The number of carbonyl (C=O) groups excluding carboxylic acids is 1. The van der Waals surface area contributed by atoms with Crippen LogP contribution in [-0.2, 0) is 4.79 Å². The van der Waals surface area contributed by atoms with Crippen molar-refractivity contribution in [2.75, 3.05) is 17.9 Å². The van der Waals surface area contributed by atoms with Crippen molar-refractivity contribution >= 4 is 50.9 Å². The highest BCUT2D eigenvalue weighted by Crippen LogP contribution is 2.39. The molecule has 0 saturated heterocycles. The Morgan fingerprint density at radius 1 is 1.31 bits per heavy atom. The molecule has 0 spiro atoms. The smallest absolute Gasteiger partial charge is 0.240 e. The molecule has 1 aliphatic rings. The molecule has 4 rings (SSSR count). The van der Waals surface area contributed by atoms with Gasteiger partial charge in [-0.25, -0.2) is 4.68 Å². The topological polar surface area (TPSA) is 81.1 Å². The number of aryl methyl sites for hydroxylation is 1. The standard InChI is InChI=1S/C19H17BrClN5O2S/c1-10-23-24-19-26(10)25-16(11-6-7-15(28-2)14(20)8-11)17(29-19)18(27)22-13-5-3-4-12(21)9-13/h3-9,16-17,25H,1-2H3,(H,22,27)/t16-,17-/m0/s1. The Morgan fingerprint density at radius 2 is 2.14 bits per heavy atom. The zero-order valence-electron chi connectivity index (χ0n) is 15.5. The highest BCUT2D eigenvalue weighted by molar-refractivity contribution is 9.10. The minimum atomic E-state index is -0.481. The third-order valence-corrected chi connectivity index (χ3v) is 6.55. The molecule has 1 aromatic heterocycles. The van der Waals surface area contributed by atoms with E-state index >= 15 is 0 Å². The van der Waals surface area contributed by atoms with Crippen LogP contribution >= 0.6 is 39.3 Å². The minimum absolute atomic E-state index is 0.159. The van der Waals surface area contributed by atoms with Gasteiger partial charge in [-0.15, -0.1) is 10.2 Å². The molecule has 0 unspecified atom stereocenters. The molecular formula is C19H17BrClN5O2S. The second-order valence-corrected chi connectivity index (χ2v) is 8.80. The lowest BCUT2D eigenvalue weighted by Gasteiger charge is -2.33. The predicted molar refractivity (Wildman–Crippen MR) is 117 cm³/mol. The molecule has 0 saturated carbocycles. The summed E-state index contributed by atoms with van der Waals surface area (Å²) in [4.78, 5) is 13.2. The van der Waals surface area contributed by atoms with Gasteiger partial charge < -0.3 is 15.5 Å². The molecule has 2 aromatic carbocycles. The average Bonchev–Trinajstić information content (AvgIpc) is 3.07. The number of nitrogens with one attached hydrogen (secondary N) is 2. The molecule has 0 aliphatic carbocycles. The molecule has 7 nitrogen and oxygen atoms in total. The van der Waals surface area contributed by atoms with Gasteiger partial charge in [0.2, 0.25) is 11.1 Å². The number of ether oxygens (including phenoxy) is 1. The number of hydrogen-bond acceptors (Lipinski definition) is 6. The van der Waals surface area contributed by atoms with Crippen molar-refractivity contribution in [3.8, 4) is 5.75 Å². The average molecular weight is 495 g/mol. The van der Waals surface area contributed by atoms with Crippen molar-refractivity contribution in [3.63, 3.8) is 0 Å². The van der Waals surface area contributed by atoms with Crippen LogP contribution in [0.2, 0.25) is 5.02 Å². The summed E-state index contributed by atoms with van der Waals surface area (Å²) < 4.78 is 7.94. The van der Waals surface area contributed by atoms with E-state index in [2.05, 4.69) is 36.9 Å². The number of thioether (sulfide) groups is 1. The summed E-state index contributed by atoms with van der Waals surface area (Å²) in [6, 6.07) is 12.5. The van der Waals surface area contributed by atoms with Crippen LogP contribution in [0.25, 0.3) is 0 Å². The van der Waals surface area contributed by atoms with E-state index in [0.717, 1.165) is 21.6 Å². The van der Waals surface area contributed by atoms with Crippen LogP contribution in [0.15, 0.2) is 52.1 Å². The van der Waals surface area contributed by atoms with Crippen LogP contribution in [-0.4, -0.2) is 33.1 Å².